The number of halogens is 6. The summed E-state index contributed by atoms with van der Waals surface area (Å²) in [6.45, 7) is 0. The third-order valence-corrected chi connectivity index (χ3v) is 4.59. The van der Waals surface area contributed by atoms with Crippen molar-refractivity contribution in [2.75, 3.05) is 5.32 Å². The number of carbonyl (C=O) groups is 1. The number of aryl methyl sites for hydroxylation is 1. The average molecular weight is 419 g/mol. The zero-order valence-electron chi connectivity index (χ0n) is 14.0. The van der Waals surface area contributed by atoms with Crippen molar-refractivity contribution >= 4 is 22.2 Å². The third-order valence-electron chi connectivity index (χ3n) is 3.76. The van der Waals surface area contributed by atoms with Crippen molar-refractivity contribution in [3.63, 3.8) is 0 Å². The summed E-state index contributed by atoms with van der Waals surface area (Å²) in [4.78, 5) is 12.4. The zero-order chi connectivity index (χ0) is 20.7. The summed E-state index contributed by atoms with van der Waals surface area (Å²) in [7, 11) is 1.25. The molecular formula is C17H11F6N3OS. The van der Waals surface area contributed by atoms with Crippen LogP contribution in [0.1, 0.15) is 21.6 Å². The van der Waals surface area contributed by atoms with E-state index in [1.165, 1.54) is 19.2 Å². The van der Waals surface area contributed by atoms with Crippen molar-refractivity contribution in [2.45, 2.75) is 12.4 Å². The summed E-state index contributed by atoms with van der Waals surface area (Å²) in [5.74, 6) is -1.02. The lowest BCUT2D eigenvalue weighted by atomic mass is 10.1. The predicted molar refractivity (Wildman–Crippen MR) is 90.9 cm³/mol. The number of benzene rings is 1. The molecule has 1 aromatic carbocycles. The lowest BCUT2D eigenvalue weighted by Crippen LogP contribution is -2.17. The Hall–Kier alpha value is -2.82. The van der Waals surface area contributed by atoms with Gasteiger partial charge >= 0.3 is 12.4 Å². The number of alkyl halides is 6. The van der Waals surface area contributed by atoms with Gasteiger partial charge in [-0.1, -0.05) is 12.1 Å². The largest absolute Gasteiger partial charge is 0.435 e. The van der Waals surface area contributed by atoms with Crippen LogP contribution in [-0.4, -0.2) is 15.7 Å². The molecule has 0 saturated carbocycles. The molecule has 0 spiro atoms. The van der Waals surface area contributed by atoms with Crippen LogP contribution in [0.25, 0.3) is 11.1 Å². The maximum absolute atomic E-state index is 13.0. The lowest BCUT2D eigenvalue weighted by Gasteiger charge is -2.10. The van der Waals surface area contributed by atoms with Crippen molar-refractivity contribution in [2.24, 2.45) is 7.05 Å². The van der Waals surface area contributed by atoms with E-state index < -0.39 is 35.1 Å². The van der Waals surface area contributed by atoms with E-state index in [4.69, 9.17) is 0 Å². The first kappa shape index (κ1) is 19.9. The van der Waals surface area contributed by atoms with Crippen LogP contribution in [-0.2, 0) is 19.4 Å². The van der Waals surface area contributed by atoms with E-state index in [9.17, 15) is 31.1 Å². The van der Waals surface area contributed by atoms with Gasteiger partial charge in [-0.2, -0.15) is 31.4 Å². The minimum atomic E-state index is -4.81. The Morgan fingerprint density at radius 1 is 1.04 bits per heavy atom. The third kappa shape index (κ3) is 4.03. The molecule has 11 heteroatoms. The van der Waals surface area contributed by atoms with E-state index in [0.717, 1.165) is 34.3 Å². The normalized spacial score (nSPS) is 12.2. The quantitative estimate of drug-likeness (QED) is 0.575. The molecule has 0 fully saturated rings. The number of nitrogens with zero attached hydrogens (tertiary/aromatic N) is 2. The summed E-state index contributed by atoms with van der Waals surface area (Å²) in [6.07, 6.45) is -8.35. The number of amides is 1. The van der Waals surface area contributed by atoms with Crippen LogP contribution in [0.4, 0.5) is 31.3 Å². The lowest BCUT2D eigenvalue weighted by molar-refractivity contribution is -0.141. The molecule has 1 N–H and O–H groups in total. The van der Waals surface area contributed by atoms with Crippen LogP contribution in [0, 0.1) is 0 Å². The topological polar surface area (TPSA) is 46.9 Å². The molecule has 0 bridgehead atoms. The van der Waals surface area contributed by atoms with Gasteiger partial charge in [0.2, 0.25) is 0 Å². The molecule has 0 unspecified atom stereocenters. The molecule has 0 aliphatic carbocycles. The van der Waals surface area contributed by atoms with Gasteiger partial charge in [0, 0.05) is 18.8 Å². The molecule has 148 valence electrons. The fraction of sp³-hybridized carbons (Fsp3) is 0.176. The summed E-state index contributed by atoms with van der Waals surface area (Å²) >= 11 is 1.03. The van der Waals surface area contributed by atoms with Crippen LogP contribution in [0.2, 0.25) is 0 Å². The van der Waals surface area contributed by atoms with Gasteiger partial charge in [0.05, 0.1) is 11.1 Å². The molecule has 28 heavy (non-hydrogen) atoms. The molecule has 0 saturated heterocycles. The molecule has 0 radical (unpaired) electrons. The standard InChI is InChI=1S/C17H11F6N3OS/c1-26-8-12(13(25-26)17(21,22)23)14(27)24-15-11(6-7-28-15)9-2-4-10(5-3-9)16(18,19)20/h2-8H,1H3,(H,24,27). The Morgan fingerprint density at radius 2 is 1.68 bits per heavy atom. The van der Waals surface area contributed by atoms with Crippen LogP contribution in [0.15, 0.2) is 41.9 Å². The smallest absolute Gasteiger partial charge is 0.313 e. The number of rotatable bonds is 3. The van der Waals surface area contributed by atoms with Gasteiger partial charge in [-0.05, 0) is 29.1 Å². The fourth-order valence-corrected chi connectivity index (χ4v) is 3.31. The fourth-order valence-electron chi connectivity index (χ4n) is 2.51. The Kier molecular flexibility index (Phi) is 4.96. The number of nitrogens with one attached hydrogen (secondary N) is 1. The number of hydrogen-bond donors (Lipinski definition) is 1. The van der Waals surface area contributed by atoms with Crippen molar-refractivity contribution in [1.82, 2.24) is 9.78 Å². The van der Waals surface area contributed by atoms with Gasteiger partial charge in [-0.25, -0.2) is 0 Å². The SMILES string of the molecule is Cn1cc(C(=O)Nc2sccc2-c2ccc(C(F)(F)F)cc2)c(C(F)(F)F)n1. The van der Waals surface area contributed by atoms with Crippen LogP contribution >= 0.6 is 11.3 Å². The second-order valence-electron chi connectivity index (χ2n) is 5.76. The molecular weight excluding hydrogens is 408 g/mol. The first-order chi connectivity index (χ1) is 13.0. The molecule has 0 aliphatic rings. The van der Waals surface area contributed by atoms with Gasteiger partial charge in [-0.15, -0.1) is 11.3 Å². The van der Waals surface area contributed by atoms with E-state index >= 15 is 0 Å². The Balaban J connectivity index is 1.89. The van der Waals surface area contributed by atoms with Crippen LogP contribution in [0.3, 0.4) is 0 Å². The first-order valence-corrected chi connectivity index (χ1v) is 8.52. The summed E-state index contributed by atoms with van der Waals surface area (Å²) in [5, 5.41) is 7.43. The molecule has 1 amide bonds. The van der Waals surface area contributed by atoms with Gasteiger partial charge < -0.3 is 5.32 Å². The molecule has 2 heterocycles. The highest BCUT2D eigenvalue weighted by Gasteiger charge is 2.39. The molecule has 2 aromatic heterocycles. The summed E-state index contributed by atoms with van der Waals surface area (Å²) in [6, 6.07) is 5.79. The molecule has 3 rings (SSSR count). The van der Waals surface area contributed by atoms with Crippen LogP contribution < -0.4 is 5.32 Å². The highest BCUT2D eigenvalue weighted by molar-refractivity contribution is 7.15. The average Bonchev–Trinajstić information content (AvgIpc) is 3.20. The van der Waals surface area contributed by atoms with Crippen molar-refractivity contribution < 1.29 is 31.1 Å². The van der Waals surface area contributed by atoms with Crippen molar-refractivity contribution in [3.8, 4) is 11.1 Å². The maximum Gasteiger partial charge on any atom is 0.435 e. The minimum absolute atomic E-state index is 0.210. The Bertz CT molecular complexity index is 1000. The van der Waals surface area contributed by atoms with Crippen molar-refractivity contribution in [1.29, 1.82) is 0 Å². The number of anilines is 1. The molecule has 0 aliphatic heterocycles. The minimum Gasteiger partial charge on any atom is -0.313 e. The van der Waals surface area contributed by atoms with Gasteiger partial charge in [0.15, 0.2) is 5.69 Å². The van der Waals surface area contributed by atoms with Crippen LogP contribution in [0.5, 0.6) is 0 Å². The summed E-state index contributed by atoms with van der Waals surface area (Å²) < 4.78 is 78.0. The first-order valence-electron chi connectivity index (χ1n) is 7.64. The van der Waals surface area contributed by atoms with Crippen molar-refractivity contribution in [3.05, 3.63) is 58.7 Å². The van der Waals surface area contributed by atoms with E-state index in [2.05, 4.69) is 10.4 Å². The second kappa shape index (κ2) is 6.97. The zero-order valence-corrected chi connectivity index (χ0v) is 14.8. The number of carbonyl (C=O) groups excluding carboxylic acids is 1. The molecule has 4 nitrogen and oxygen atoms in total. The maximum atomic E-state index is 13.0. The molecule has 3 aromatic rings. The predicted octanol–water partition coefficient (Wildman–Crippen LogP) is 5.44. The summed E-state index contributed by atoms with van der Waals surface area (Å²) in [5.41, 5.74) is -2.03. The number of thiophene rings is 1. The Morgan fingerprint density at radius 3 is 2.25 bits per heavy atom. The Labute approximate surface area is 158 Å². The second-order valence-corrected chi connectivity index (χ2v) is 6.67. The van der Waals surface area contributed by atoms with E-state index in [1.54, 1.807) is 11.4 Å². The van der Waals surface area contributed by atoms with E-state index in [0.29, 0.717) is 11.1 Å². The number of aromatic nitrogens is 2. The highest BCUT2D eigenvalue weighted by atomic mass is 32.1. The van der Waals surface area contributed by atoms with Gasteiger partial charge in [0.1, 0.15) is 5.00 Å². The highest BCUT2D eigenvalue weighted by Crippen LogP contribution is 2.37. The van der Waals surface area contributed by atoms with E-state index in [1.807, 2.05) is 0 Å². The van der Waals surface area contributed by atoms with Gasteiger partial charge in [-0.3, -0.25) is 9.48 Å². The van der Waals surface area contributed by atoms with E-state index in [-0.39, 0.29) is 5.00 Å². The number of hydrogen-bond acceptors (Lipinski definition) is 3. The monoisotopic (exact) mass is 419 g/mol. The molecule has 0 atom stereocenters. The van der Waals surface area contributed by atoms with Gasteiger partial charge in [0.25, 0.3) is 5.91 Å².